The number of hydrogen-bond acceptors (Lipinski definition) is 3. The number of hydrogen-bond donors (Lipinski definition) is 1. The van der Waals surface area contributed by atoms with Gasteiger partial charge in [0.15, 0.2) is 5.17 Å². The largest absolute Gasteiger partial charge is 0.335 e. The van der Waals surface area contributed by atoms with E-state index in [1.54, 1.807) is 0 Å². The third-order valence-corrected chi connectivity index (χ3v) is 4.86. The van der Waals surface area contributed by atoms with Crippen molar-refractivity contribution in [2.45, 2.75) is 52.5 Å². The Morgan fingerprint density at radius 2 is 2.16 bits per heavy atom. The molecule has 19 heavy (non-hydrogen) atoms. The van der Waals surface area contributed by atoms with Crippen LogP contribution in [0, 0.1) is 6.92 Å². The molecule has 0 amide bonds. The third kappa shape index (κ3) is 3.33. The van der Waals surface area contributed by atoms with Crippen molar-refractivity contribution in [1.29, 1.82) is 0 Å². The van der Waals surface area contributed by atoms with Crippen LogP contribution in [-0.4, -0.2) is 16.5 Å². The number of nitrogens with one attached hydrogen (secondary N) is 1. The molecule has 1 aromatic rings. The lowest BCUT2D eigenvalue weighted by atomic mass is 9.96. The fourth-order valence-electron chi connectivity index (χ4n) is 2.33. The highest BCUT2D eigenvalue weighted by Gasteiger charge is 2.26. The second kappa shape index (κ2) is 6.00. The highest BCUT2D eigenvalue weighted by atomic mass is 32.2. The first kappa shape index (κ1) is 14.4. The van der Waals surface area contributed by atoms with Crippen LogP contribution in [0.4, 0.5) is 5.69 Å². The molecule has 2 rings (SSSR count). The van der Waals surface area contributed by atoms with E-state index in [-0.39, 0.29) is 5.54 Å². The predicted octanol–water partition coefficient (Wildman–Crippen LogP) is 4.63. The van der Waals surface area contributed by atoms with Gasteiger partial charge in [0.2, 0.25) is 0 Å². The van der Waals surface area contributed by atoms with Crippen molar-refractivity contribution in [2.24, 2.45) is 4.99 Å². The summed E-state index contributed by atoms with van der Waals surface area (Å²) in [5, 5.41) is 4.65. The van der Waals surface area contributed by atoms with Crippen molar-refractivity contribution in [3.8, 4) is 0 Å². The molecule has 0 fully saturated rings. The lowest BCUT2D eigenvalue weighted by Crippen LogP contribution is -2.30. The molecule has 1 unspecified atom stereocenters. The van der Waals surface area contributed by atoms with Crippen LogP contribution >= 0.6 is 11.8 Å². The number of thioether (sulfide) groups is 1. The zero-order valence-electron chi connectivity index (χ0n) is 12.4. The number of benzene rings is 1. The molecule has 1 aliphatic heterocycles. The Morgan fingerprint density at radius 1 is 1.37 bits per heavy atom. The number of aryl methyl sites for hydroxylation is 2. The number of amidine groups is 1. The standard InChI is InChI=1S/C16H24N2S/c1-5-13-9-7-8-12(3)14(13)17-15-18-16(4,6-2)10-11-19-15/h7-9H,5-6,10-11H2,1-4H3,(H,17,18). The summed E-state index contributed by atoms with van der Waals surface area (Å²) in [7, 11) is 0. The molecule has 1 N–H and O–H groups in total. The van der Waals surface area contributed by atoms with E-state index < -0.39 is 0 Å². The molecule has 104 valence electrons. The van der Waals surface area contributed by atoms with Crippen LogP contribution in [-0.2, 0) is 6.42 Å². The van der Waals surface area contributed by atoms with Crippen LogP contribution in [0.5, 0.6) is 0 Å². The van der Waals surface area contributed by atoms with Crippen molar-refractivity contribution < 1.29 is 0 Å². The van der Waals surface area contributed by atoms with Crippen molar-refractivity contribution in [3.63, 3.8) is 0 Å². The van der Waals surface area contributed by atoms with E-state index >= 15 is 0 Å². The van der Waals surface area contributed by atoms with Gasteiger partial charge in [0.25, 0.3) is 0 Å². The molecular formula is C16H24N2S. The Bertz CT molecular complexity index is 482. The molecule has 1 heterocycles. The number of anilines is 1. The quantitative estimate of drug-likeness (QED) is 0.870. The summed E-state index contributed by atoms with van der Waals surface area (Å²) >= 11 is 1.84. The molecule has 0 saturated carbocycles. The normalized spacial score (nSPS) is 23.1. The van der Waals surface area contributed by atoms with Gasteiger partial charge in [-0.15, -0.1) is 0 Å². The van der Waals surface area contributed by atoms with Gasteiger partial charge in [-0.1, -0.05) is 43.8 Å². The minimum absolute atomic E-state index is 0.114. The molecule has 2 nitrogen and oxygen atoms in total. The van der Waals surface area contributed by atoms with Gasteiger partial charge < -0.3 is 5.32 Å². The maximum absolute atomic E-state index is 4.91. The molecule has 0 aliphatic carbocycles. The molecule has 3 heteroatoms. The molecule has 1 aromatic carbocycles. The third-order valence-electron chi connectivity index (χ3n) is 3.98. The van der Waals surface area contributed by atoms with Gasteiger partial charge in [-0.25, -0.2) is 0 Å². The second-order valence-corrected chi connectivity index (χ2v) is 6.54. The molecule has 0 saturated heterocycles. The van der Waals surface area contributed by atoms with Crippen LogP contribution in [0.15, 0.2) is 23.2 Å². The van der Waals surface area contributed by atoms with Crippen molar-refractivity contribution in [1.82, 2.24) is 0 Å². The van der Waals surface area contributed by atoms with Gasteiger partial charge in [0.05, 0.1) is 5.54 Å². The van der Waals surface area contributed by atoms with E-state index in [2.05, 4.69) is 51.2 Å². The van der Waals surface area contributed by atoms with E-state index in [1.165, 1.54) is 23.2 Å². The molecule has 0 radical (unpaired) electrons. The van der Waals surface area contributed by atoms with Crippen molar-refractivity contribution in [2.75, 3.05) is 11.1 Å². The molecule has 0 bridgehead atoms. The fourth-order valence-corrected chi connectivity index (χ4v) is 3.52. The summed E-state index contributed by atoms with van der Waals surface area (Å²) in [6.45, 7) is 8.84. The Labute approximate surface area is 121 Å². The van der Waals surface area contributed by atoms with Crippen LogP contribution in [0.25, 0.3) is 0 Å². The molecule has 1 atom stereocenters. The van der Waals surface area contributed by atoms with Gasteiger partial charge in [-0.05, 0) is 44.2 Å². The summed E-state index contributed by atoms with van der Waals surface area (Å²) in [5.41, 5.74) is 4.03. The van der Waals surface area contributed by atoms with E-state index in [0.29, 0.717) is 0 Å². The van der Waals surface area contributed by atoms with Gasteiger partial charge in [0.1, 0.15) is 0 Å². The lowest BCUT2D eigenvalue weighted by molar-refractivity contribution is 0.443. The highest BCUT2D eigenvalue weighted by Crippen LogP contribution is 2.31. The van der Waals surface area contributed by atoms with Crippen LogP contribution in [0.2, 0.25) is 0 Å². The minimum Gasteiger partial charge on any atom is -0.335 e. The maximum Gasteiger partial charge on any atom is 0.161 e. The highest BCUT2D eigenvalue weighted by molar-refractivity contribution is 8.14. The van der Waals surface area contributed by atoms with Gasteiger partial charge >= 0.3 is 0 Å². The zero-order valence-corrected chi connectivity index (χ0v) is 13.2. The van der Waals surface area contributed by atoms with E-state index in [0.717, 1.165) is 23.8 Å². The number of para-hydroxylation sites is 1. The Morgan fingerprint density at radius 3 is 2.84 bits per heavy atom. The molecule has 1 aliphatic rings. The topological polar surface area (TPSA) is 24.4 Å². The monoisotopic (exact) mass is 276 g/mol. The Kier molecular flexibility index (Phi) is 4.56. The summed E-state index contributed by atoms with van der Waals surface area (Å²) in [6, 6.07) is 6.49. The number of aliphatic imine (C=N–C) groups is 1. The summed E-state index contributed by atoms with van der Waals surface area (Å²) in [5.74, 6) is 1.16. The van der Waals surface area contributed by atoms with Crippen LogP contribution in [0.1, 0.15) is 44.7 Å². The van der Waals surface area contributed by atoms with Gasteiger partial charge in [0, 0.05) is 11.4 Å². The SMILES string of the molecule is CCc1cccc(C)c1NC1=NC(C)(CC)CCS1. The maximum atomic E-state index is 4.91. The number of nitrogens with zero attached hydrogens (tertiary/aromatic N) is 1. The smallest absolute Gasteiger partial charge is 0.161 e. The first-order valence-corrected chi connectivity index (χ1v) is 8.14. The minimum atomic E-state index is 0.114. The zero-order chi connectivity index (χ0) is 13.9. The Balaban J connectivity index is 2.26. The first-order valence-electron chi connectivity index (χ1n) is 7.16. The fraction of sp³-hybridized carbons (Fsp3) is 0.562. The number of rotatable bonds is 3. The summed E-state index contributed by atoms with van der Waals surface area (Å²) in [6.07, 6.45) is 3.33. The van der Waals surface area contributed by atoms with Gasteiger partial charge in [-0.3, -0.25) is 4.99 Å². The lowest BCUT2D eigenvalue weighted by Gasteiger charge is -2.29. The van der Waals surface area contributed by atoms with Gasteiger partial charge in [-0.2, -0.15) is 0 Å². The average molecular weight is 276 g/mol. The van der Waals surface area contributed by atoms with Crippen LogP contribution in [0.3, 0.4) is 0 Å². The van der Waals surface area contributed by atoms with Crippen molar-refractivity contribution >= 4 is 22.6 Å². The van der Waals surface area contributed by atoms with E-state index in [4.69, 9.17) is 4.99 Å². The second-order valence-electron chi connectivity index (χ2n) is 5.45. The predicted molar refractivity (Wildman–Crippen MR) is 87.4 cm³/mol. The summed E-state index contributed by atoms with van der Waals surface area (Å²) < 4.78 is 0. The van der Waals surface area contributed by atoms with Crippen LogP contribution < -0.4 is 5.32 Å². The average Bonchev–Trinajstić information content (AvgIpc) is 2.41. The van der Waals surface area contributed by atoms with E-state index in [1.807, 2.05) is 11.8 Å². The summed E-state index contributed by atoms with van der Waals surface area (Å²) in [4.78, 5) is 4.91. The first-order chi connectivity index (χ1) is 9.08. The Hall–Kier alpha value is -0.960. The van der Waals surface area contributed by atoms with Crippen molar-refractivity contribution in [3.05, 3.63) is 29.3 Å². The molecule has 0 aromatic heterocycles. The molecule has 0 spiro atoms. The molecular weight excluding hydrogens is 252 g/mol. The van der Waals surface area contributed by atoms with E-state index in [9.17, 15) is 0 Å².